The van der Waals surface area contributed by atoms with Crippen LogP contribution in [0.1, 0.15) is 55.5 Å². The van der Waals surface area contributed by atoms with Crippen molar-refractivity contribution in [2.75, 3.05) is 12.8 Å². The fourth-order valence-corrected chi connectivity index (χ4v) is 4.31. The molecule has 0 fully saturated rings. The minimum atomic E-state index is -3.19. The number of rotatable bonds is 8. The van der Waals surface area contributed by atoms with Crippen LogP contribution in [0.4, 0.5) is 0 Å². The quantitative estimate of drug-likeness (QED) is 0.658. The lowest BCUT2D eigenvalue weighted by Gasteiger charge is -2.20. The zero-order valence-electron chi connectivity index (χ0n) is 12.8. The van der Waals surface area contributed by atoms with Crippen molar-refractivity contribution in [2.24, 2.45) is 0 Å². The molecule has 5 heteroatoms. The molecule has 1 aliphatic carbocycles. The number of ketones is 1. The standard InChI is InChI=1S/C16H23O4P/c1-3-5-12-21(18,19-11-4-2)20-15-8-6-7-13-9-10-14(17)16(13)15/h6-8H,3-5,9-12H2,1-2H3. The number of carbonyl (C=O) groups is 1. The zero-order valence-corrected chi connectivity index (χ0v) is 13.7. The van der Waals surface area contributed by atoms with Gasteiger partial charge in [-0.1, -0.05) is 32.4 Å². The molecule has 1 aliphatic rings. The van der Waals surface area contributed by atoms with Crippen LogP contribution in [0.25, 0.3) is 0 Å². The van der Waals surface area contributed by atoms with Crippen LogP contribution in [0.2, 0.25) is 0 Å². The van der Waals surface area contributed by atoms with Crippen molar-refractivity contribution in [3.8, 4) is 5.75 Å². The molecule has 116 valence electrons. The molecule has 0 spiro atoms. The van der Waals surface area contributed by atoms with Gasteiger partial charge >= 0.3 is 7.60 Å². The number of aryl methyl sites for hydroxylation is 1. The number of hydrogen-bond acceptors (Lipinski definition) is 4. The Morgan fingerprint density at radius 3 is 2.71 bits per heavy atom. The van der Waals surface area contributed by atoms with E-state index < -0.39 is 7.60 Å². The maximum atomic E-state index is 12.9. The third-order valence-corrected chi connectivity index (χ3v) is 5.44. The molecule has 0 N–H and O–H groups in total. The molecular weight excluding hydrogens is 287 g/mol. The molecule has 2 rings (SSSR count). The molecule has 0 heterocycles. The van der Waals surface area contributed by atoms with E-state index in [2.05, 4.69) is 0 Å². The first kappa shape index (κ1) is 16.3. The van der Waals surface area contributed by atoms with Crippen LogP contribution in [0, 0.1) is 0 Å². The Morgan fingerprint density at radius 2 is 2.00 bits per heavy atom. The van der Waals surface area contributed by atoms with Crippen LogP contribution in [-0.4, -0.2) is 18.6 Å². The van der Waals surface area contributed by atoms with Gasteiger partial charge in [0, 0.05) is 6.42 Å². The summed E-state index contributed by atoms with van der Waals surface area (Å²) in [5.41, 5.74) is 1.57. The number of unbranched alkanes of at least 4 members (excludes halogenated alkanes) is 1. The van der Waals surface area contributed by atoms with Crippen molar-refractivity contribution >= 4 is 13.4 Å². The molecule has 0 aromatic heterocycles. The largest absolute Gasteiger partial charge is 0.424 e. The minimum absolute atomic E-state index is 0.0677. The highest BCUT2D eigenvalue weighted by molar-refractivity contribution is 7.54. The first-order chi connectivity index (χ1) is 10.1. The summed E-state index contributed by atoms with van der Waals surface area (Å²) in [5, 5.41) is 0. The van der Waals surface area contributed by atoms with Gasteiger partial charge in [-0.15, -0.1) is 0 Å². The first-order valence-electron chi connectivity index (χ1n) is 7.68. The predicted octanol–water partition coefficient (Wildman–Crippen LogP) is 4.61. The third-order valence-electron chi connectivity index (χ3n) is 3.53. The lowest BCUT2D eigenvalue weighted by atomic mass is 10.1. The summed E-state index contributed by atoms with van der Waals surface area (Å²) in [4.78, 5) is 12.0. The second-order valence-electron chi connectivity index (χ2n) is 5.33. The Labute approximate surface area is 126 Å². The van der Waals surface area contributed by atoms with E-state index in [1.165, 1.54) is 0 Å². The van der Waals surface area contributed by atoms with Gasteiger partial charge in [0.1, 0.15) is 5.75 Å². The predicted molar refractivity (Wildman–Crippen MR) is 83.3 cm³/mol. The average molecular weight is 310 g/mol. The molecule has 0 bridgehead atoms. The van der Waals surface area contributed by atoms with Crippen molar-refractivity contribution in [1.29, 1.82) is 0 Å². The second-order valence-corrected chi connectivity index (χ2v) is 7.44. The maximum Gasteiger partial charge on any atom is 0.379 e. The molecule has 4 nitrogen and oxygen atoms in total. The van der Waals surface area contributed by atoms with Crippen LogP contribution in [0.3, 0.4) is 0 Å². The number of benzene rings is 1. The van der Waals surface area contributed by atoms with E-state index in [9.17, 15) is 9.36 Å². The minimum Gasteiger partial charge on any atom is -0.424 e. The summed E-state index contributed by atoms with van der Waals surface area (Å²) >= 11 is 0. The van der Waals surface area contributed by atoms with Gasteiger partial charge in [0.2, 0.25) is 0 Å². The Hall–Kier alpha value is -1.12. The summed E-state index contributed by atoms with van der Waals surface area (Å²) in [6.45, 7) is 4.41. The maximum absolute atomic E-state index is 12.9. The molecule has 1 aromatic carbocycles. The highest BCUT2D eigenvalue weighted by Gasteiger charge is 2.30. The molecule has 0 saturated heterocycles. The normalized spacial score (nSPS) is 16.6. The number of Topliss-reactive ketones (excluding diaryl/α,β-unsaturated/α-hetero) is 1. The van der Waals surface area contributed by atoms with Crippen molar-refractivity contribution in [3.05, 3.63) is 29.3 Å². The molecule has 0 radical (unpaired) electrons. The van der Waals surface area contributed by atoms with Gasteiger partial charge in [-0.25, -0.2) is 4.57 Å². The van der Waals surface area contributed by atoms with Gasteiger partial charge in [-0.3, -0.25) is 9.32 Å². The number of carbonyl (C=O) groups excluding carboxylic acids is 1. The molecule has 21 heavy (non-hydrogen) atoms. The highest BCUT2D eigenvalue weighted by atomic mass is 31.2. The monoisotopic (exact) mass is 310 g/mol. The third kappa shape index (κ3) is 3.96. The van der Waals surface area contributed by atoms with Gasteiger partial charge in [0.05, 0.1) is 18.3 Å². The van der Waals surface area contributed by atoms with E-state index in [0.717, 1.165) is 31.2 Å². The second kappa shape index (κ2) is 7.24. The molecule has 1 atom stereocenters. The molecule has 0 aliphatic heterocycles. The van der Waals surface area contributed by atoms with Gasteiger partial charge < -0.3 is 4.52 Å². The topological polar surface area (TPSA) is 52.6 Å². The fourth-order valence-electron chi connectivity index (χ4n) is 2.42. The van der Waals surface area contributed by atoms with E-state index in [0.29, 0.717) is 30.5 Å². The van der Waals surface area contributed by atoms with Crippen LogP contribution in [-0.2, 0) is 15.5 Å². The van der Waals surface area contributed by atoms with Crippen LogP contribution < -0.4 is 4.52 Å². The van der Waals surface area contributed by atoms with Gasteiger partial charge in [-0.2, -0.15) is 0 Å². The van der Waals surface area contributed by atoms with Crippen molar-refractivity contribution < 1.29 is 18.4 Å². The highest BCUT2D eigenvalue weighted by Crippen LogP contribution is 2.50. The Morgan fingerprint density at radius 1 is 1.19 bits per heavy atom. The van der Waals surface area contributed by atoms with Crippen LogP contribution in [0.5, 0.6) is 5.75 Å². The summed E-state index contributed by atoms with van der Waals surface area (Å²) in [6.07, 6.45) is 4.12. The first-order valence-corrected chi connectivity index (χ1v) is 9.40. The molecule has 0 saturated carbocycles. The molecule has 0 amide bonds. The van der Waals surface area contributed by atoms with Gasteiger partial charge in [-0.05, 0) is 30.9 Å². The van der Waals surface area contributed by atoms with E-state index in [1.54, 1.807) is 6.07 Å². The fraction of sp³-hybridized carbons (Fsp3) is 0.562. The summed E-state index contributed by atoms with van der Waals surface area (Å²) < 4.78 is 24.1. The zero-order chi connectivity index (χ0) is 15.3. The lowest BCUT2D eigenvalue weighted by Crippen LogP contribution is -2.06. The van der Waals surface area contributed by atoms with E-state index in [-0.39, 0.29) is 5.78 Å². The average Bonchev–Trinajstić information content (AvgIpc) is 2.86. The summed E-state index contributed by atoms with van der Waals surface area (Å²) in [7, 11) is -3.19. The van der Waals surface area contributed by atoms with Crippen molar-refractivity contribution in [1.82, 2.24) is 0 Å². The number of hydrogen-bond donors (Lipinski definition) is 0. The Balaban J connectivity index is 2.23. The van der Waals surface area contributed by atoms with E-state index >= 15 is 0 Å². The van der Waals surface area contributed by atoms with Crippen LogP contribution >= 0.6 is 7.60 Å². The summed E-state index contributed by atoms with van der Waals surface area (Å²) in [6, 6.07) is 5.49. The van der Waals surface area contributed by atoms with Gasteiger partial charge in [0.25, 0.3) is 0 Å². The smallest absolute Gasteiger partial charge is 0.379 e. The van der Waals surface area contributed by atoms with Gasteiger partial charge in [0.15, 0.2) is 5.78 Å². The Bertz CT molecular complexity index is 541. The van der Waals surface area contributed by atoms with Crippen molar-refractivity contribution in [3.63, 3.8) is 0 Å². The Kier molecular flexibility index (Phi) is 5.60. The number of fused-ring (bicyclic) bond motifs is 1. The van der Waals surface area contributed by atoms with E-state index in [1.807, 2.05) is 26.0 Å². The molecular formula is C16H23O4P. The summed E-state index contributed by atoms with van der Waals surface area (Å²) in [5.74, 6) is 0.490. The van der Waals surface area contributed by atoms with Crippen molar-refractivity contribution in [2.45, 2.75) is 46.0 Å². The van der Waals surface area contributed by atoms with E-state index in [4.69, 9.17) is 9.05 Å². The lowest BCUT2D eigenvalue weighted by molar-refractivity contribution is 0.0993. The SMILES string of the molecule is CCCCP(=O)(OCCC)Oc1cccc2c1C(=O)CC2. The molecule has 1 aromatic rings. The molecule has 1 unspecified atom stereocenters. The van der Waals surface area contributed by atoms with Crippen LogP contribution in [0.15, 0.2) is 18.2 Å².